The molecule has 1 aromatic carbocycles. The van der Waals surface area contributed by atoms with Crippen molar-refractivity contribution in [2.24, 2.45) is 4.99 Å². The predicted molar refractivity (Wildman–Crippen MR) is 57.5 cm³/mol. The van der Waals surface area contributed by atoms with Crippen LogP contribution in [0.5, 0.6) is 0 Å². The van der Waals surface area contributed by atoms with Crippen LogP contribution in [-0.4, -0.2) is 9.32 Å². The average Bonchev–Trinajstić information content (AvgIpc) is 2.77. The van der Waals surface area contributed by atoms with Gasteiger partial charge in [-0.3, -0.25) is 0 Å². The summed E-state index contributed by atoms with van der Waals surface area (Å²) >= 11 is 0.387. The molecule has 0 saturated heterocycles. The van der Waals surface area contributed by atoms with Crippen molar-refractivity contribution < 1.29 is 4.21 Å². The molecule has 1 aliphatic carbocycles. The van der Waals surface area contributed by atoms with Gasteiger partial charge in [0.2, 0.25) is 5.11 Å². The zero-order valence-corrected chi connectivity index (χ0v) is 7.97. The molecule has 0 saturated carbocycles. The summed E-state index contributed by atoms with van der Waals surface area (Å²) in [5.74, 6) is 0. The first-order chi connectivity index (χ1) is 6.86. The third-order valence-electron chi connectivity index (χ3n) is 2.30. The van der Waals surface area contributed by atoms with E-state index in [2.05, 4.69) is 10.3 Å². The van der Waals surface area contributed by atoms with E-state index in [0.717, 1.165) is 16.6 Å². The number of anilines is 1. The summed E-state index contributed by atoms with van der Waals surface area (Å²) in [4.78, 5) is 4.16. The number of benzene rings is 1. The van der Waals surface area contributed by atoms with Gasteiger partial charge in [-0.25, -0.2) is 9.20 Å². The normalized spacial score (nSPS) is 15.3. The predicted octanol–water partition coefficient (Wildman–Crippen LogP) is -0.161. The van der Waals surface area contributed by atoms with Crippen molar-refractivity contribution in [3.63, 3.8) is 0 Å². The van der Waals surface area contributed by atoms with Gasteiger partial charge >= 0.3 is 0 Å². The van der Waals surface area contributed by atoms with Crippen molar-refractivity contribution in [1.29, 1.82) is 0 Å². The molecule has 1 heterocycles. The van der Waals surface area contributed by atoms with Gasteiger partial charge < -0.3 is 5.32 Å². The maximum Gasteiger partial charge on any atom is 0.227 e. The largest absolute Gasteiger partial charge is 0.327 e. The third kappa shape index (κ3) is 0.975. The Morgan fingerprint density at radius 3 is 3.14 bits per heavy atom. The first-order valence-electron chi connectivity index (χ1n) is 4.22. The summed E-state index contributed by atoms with van der Waals surface area (Å²) in [6, 6.07) is 4.00. The van der Waals surface area contributed by atoms with Gasteiger partial charge in [-0.2, -0.15) is 0 Å². The lowest BCUT2D eigenvalue weighted by molar-refractivity contribution is 0.701. The summed E-state index contributed by atoms with van der Waals surface area (Å²) in [6.45, 7) is 0. The van der Waals surface area contributed by atoms with Crippen LogP contribution in [0.25, 0.3) is 12.2 Å². The van der Waals surface area contributed by atoms with E-state index in [1.54, 1.807) is 0 Å². The van der Waals surface area contributed by atoms with Crippen LogP contribution in [0, 0.1) is 0 Å². The Hall–Kier alpha value is -1.68. The minimum Gasteiger partial charge on any atom is -0.327 e. The molecule has 1 aliphatic heterocycles. The standard InChI is InChI=1S/C10H6N2OS/c13-14-10-11-8-4-6-2-1-3-7(6)5-9(8)12-10/h1-5,11H. The molecule has 14 heavy (non-hydrogen) atoms. The van der Waals surface area contributed by atoms with Crippen LogP contribution in [0.4, 0.5) is 5.69 Å². The van der Waals surface area contributed by atoms with Crippen LogP contribution in [0.1, 0.15) is 5.56 Å². The lowest BCUT2D eigenvalue weighted by Gasteiger charge is -1.95. The van der Waals surface area contributed by atoms with Gasteiger partial charge in [0.05, 0.1) is 11.0 Å². The fourth-order valence-corrected chi connectivity index (χ4v) is 1.94. The van der Waals surface area contributed by atoms with Crippen molar-refractivity contribution in [3.05, 3.63) is 34.3 Å². The summed E-state index contributed by atoms with van der Waals surface area (Å²) in [7, 11) is 0. The SMILES string of the molecule is O=S=C1N=c2cc3c(cc2N1)=CC=C3. The van der Waals surface area contributed by atoms with Crippen LogP contribution in [0.2, 0.25) is 0 Å². The van der Waals surface area contributed by atoms with E-state index < -0.39 is 0 Å². The zero-order valence-electron chi connectivity index (χ0n) is 7.15. The smallest absolute Gasteiger partial charge is 0.227 e. The molecule has 68 valence electrons. The van der Waals surface area contributed by atoms with E-state index >= 15 is 0 Å². The summed E-state index contributed by atoms with van der Waals surface area (Å²) in [5, 5.41) is 5.41. The van der Waals surface area contributed by atoms with E-state index in [4.69, 9.17) is 0 Å². The number of hydrogen-bond acceptors (Lipinski definition) is 1. The monoisotopic (exact) mass is 202 g/mol. The fourth-order valence-electron chi connectivity index (χ4n) is 1.65. The Balaban J connectivity index is 2.36. The number of nitrogens with one attached hydrogen (secondary N) is 1. The van der Waals surface area contributed by atoms with Crippen molar-refractivity contribution in [3.8, 4) is 0 Å². The van der Waals surface area contributed by atoms with E-state index in [0.29, 0.717) is 16.4 Å². The summed E-state index contributed by atoms with van der Waals surface area (Å²) in [6.07, 6.45) is 6.08. The molecule has 0 bridgehead atoms. The zero-order chi connectivity index (χ0) is 9.54. The van der Waals surface area contributed by atoms with Crippen LogP contribution >= 0.6 is 0 Å². The van der Waals surface area contributed by atoms with Gasteiger partial charge in [0.1, 0.15) is 11.3 Å². The minimum absolute atomic E-state index is 0.387. The van der Waals surface area contributed by atoms with Crippen molar-refractivity contribution in [2.75, 3.05) is 5.32 Å². The summed E-state index contributed by atoms with van der Waals surface area (Å²) in [5.41, 5.74) is 2.08. The summed E-state index contributed by atoms with van der Waals surface area (Å²) < 4.78 is 10.6. The van der Waals surface area contributed by atoms with Gasteiger partial charge in [0, 0.05) is 0 Å². The molecule has 1 aromatic rings. The fraction of sp³-hybridized carbons (Fsp3) is 0. The molecule has 0 aromatic heterocycles. The molecule has 0 atom stereocenters. The molecule has 3 rings (SSSR count). The molecule has 0 fully saturated rings. The third-order valence-corrected chi connectivity index (χ3v) is 2.65. The molecule has 0 spiro atoms. The highest BCUT2D eigenvalue weighted by molar-refractivity contribution is 7.66. The quantitative estimate of drug-likeness (QED) is 0.594. The molecule has 0 amide bonds. The van der Waals surface area contributed by atoms with E-state index in [-0.39, 0.29) is 0 Å². The van der Waals surface area contributed by atoms with E-state index in [1.807, 2.05) is 30.4 Å². The Morgan fingerprint density at radius 2 is 2.29 bits per heavy atom. The Morgan fingerprint density at radius 1 is 1.36 bits per heavy atom. The van der Waals surface area contributed by atoms with Gasteiger partial charge in [0.25, 0.3) is 0 Å². The molecule has 1 N–H and O–H groups in total. The number of allylic oxidation sites excluding steroid dienone is 1. The lowest BCUT2D eigenvalue weighted by atomic mass is 10.2. The molecular weight excluding hydrogens is 196 g/mol. The van der Waals surface area contributed by atoms with Gasteiger partial charge in [-0.15, -0.1) is 0 Å². The first kappa shape index (κ1) is 7.70. The Bertz CT molecular complexity index is 624. The second kappa shape index (κ2) is 2.65. The topological polar surface area (TPSA) is 41.5 Å². The molecule has 0 unspecified atom stereocenters. The first-order valence-corrected chi connectivity index (χ1v) is 4.96. The van der Waals surface area contributed by atoms with Crippen LogP contribution in [0.3, 0.4) is 0 Å². The van der Waals surface area contributed by atoms with Gasteiger partial charge in [0.15, 0.2) is 0 Å². The highest BCUT2D eigenvalue weighted by atomic mass is 32.1. The van der Waals surface area contributed by atoms with Crippen LogP contribution < -0.4 is 15.9 Å². The van der Waals surface area contributed by atoms with E-state index in [9.17, 15) is 4.21 Å². The number of rotatable bonds is 0. The molecule has 2 aliphatic rings. The van der Waals surface area contributed by atoms with E-state index in [1.165, 1.54) is 5.22 Å². The second-order valence-electron chi connectivity index (χ2n) is 3.15. The van der Waals surface area contributed by atoms with Crippen molar-refractivity contribution >= 4 is 34.2 Å². The van der Waals surface area contributed by atoms with Gasteiger partial charge in [-0.1, -0.05) is 18.2 Å². The molecular formula is C10H6N2OS. The number of nitrogens with zero attached hydrogens (tertiary/aromatic N) is 1. The maximum atomic E-state index is 10.6. The Kier molecular flexibility index (Phi) is 1.46. The Labute approximate surface area is 83.6 Å². The number of fused-ring (bicyclic) bond motifs is 2. The maximum absolute atomic E-state index is 10.6. The minimum atomic E-state index is 0.387. The highest BCUT2D eigenvalue weighted by Gasteiger charge is 2.10. The molecule has 4 heteroatoms. The average molecular weight is 202 g/mol. The highest BCUT2D eigenvalue weighted by Crippen LogP contribution is 2.07. The van der Waals surface area contributed by atoms with Crippen molar-refractivity contribution in [1.82, 2.24) is 0 Å². The molecule has 0 radical (unpaired) electrons. The van der Waals surface area contributed by atoms with Crippen LogP contribution in [-0.2, 0) is 11.3 Å². The van der Waals surface area contributed by atoms with Crippen LogP contribution in [0.15, 0.2) is 23.2 Å². The number of hydrogen-bond donors (Lipinski definition) is 1. The lowest BCUT2D eigenvalue weighted by Crippen LogP contribution is -2.12. The van der Waals surface area contributed by atoms with Gasteiger partial charge in [-0.05, 0) is 22.9 Å². The second-order valence-corrected chi connectivity index (χ2v) is 3.70. The molecule has 3 nitrogen and oxygen atoms in total. The van der Waals surface area contributed by atoms with Crippen molar-refractivity contribution in [2.45, 2.75) is 0 Å².